The topological polar surface area (TPSA) is 69.5 Å². The Hall–Kier alpha value is -2.62. The summed E-state index contributed by atoms with van der Waals surface area (Å²) in [6, 6.07) is 2.14. The average Bonchev–Trinajstić information content (AvgIpc) is 3.03. The van der Waals surface area contributed by atoms with E-state index in [1.807, 2.05) is 19.3 Å². The largest absolute Gasteiger partial charge is 0.354 e. The van der Waals surface area contributed by atoms with Crippen LogP contribution in [-0.4, -0.2) is 58.5 Å². The number of piperidine rings is 1. The summed E-state index contributed by atoms with van der Waals surface area (Å²) in [5.74, 6) is 1.23. The molecule has 0 spiro atoms. The fourth-order valence-corrected chi connectivity index (χ4v) is 3.24. The third-order valence-corrected chi connectivity index (χ3v) is 4.65. The van der Waals surface area contributed by atoms with Crippen molar-refractivity contribution in [2.24, 2.45) is 5.92 Å². The van der Waals surface area contributed by atoms with Gasteiger partial charge in [0.25, 0.3) is 6.54 Å². The molecule has 7 heteroatoms. The van der Waals surface area contributed by atoms with Gasteiger partial charge in [-0.05, 0) is 18.4 Å². The number of nitrogens with one attached hydrogen (secondary N) is 1. The highest BCUT2D eigenvalue weighted by molar-refractivity contribution is 5.87. The number of nitrogens with zero attached hydrogens (tertiary/aromatic N) is 5. The van der Waals surface area contributed by atoms with Gasteiger partial charge < -0.3 is 19.6 Å². The molecule has 23 heavy (non-hydrogen) atoms. The number of likely N-dealkylation sites (N-methyl/N-ethyl adjacent to an activating group) is 1. The number of fused-ring (bicyclic) bond motifs is 1. The molecule has 0 saturated carbocycles. The second kappa shape index (κ2) is 6.24. The summed E-state index contributed by atoms with van der Waals surface area (Å²) in [7, 11) is 2.01. The molecule has 0 unspecified atom stereocenters. The number of rotatable bonds is 3. The van der Waals surface area contributed by atoms with Gasteiger partial charge in [0.15, 0.2) is 0 Å². The molecule has 2 atom stereocenters. The molecule has 0 bridgehead atoms. The van der Waals surface area contributed by atoms with E-state index in [1.165, 1.54) is 0 Å². The summed E-state index contributed by atoms with van der Waals surface area (Å²) < 4.78 is 0. The van der Waals surface area contributed by atoms with Gasteiger partial charge in [-0.2, -0.15) is 0 Å². The fraction of sp³-hybridized carbons (Fsp3) is 0.500. The van der Waals surface area contributed by atoms with Gasteiger partial charge in [0, 0.05) is 26.3 Å². The first kappa shape index (κ1) is 15.3. The van der Waals surface area contributed by atoms with Crippen molar-refractivity contribution in [1.29, 1.82) is 0 Å². The Morgan fingerprint density at radius 1 is 1.57 bits per heavy atom. The third-order valence-electron chi connectivity index (χ3n) is 4.65. The van der Waals surface area contributed by atoms with Crippen LogP contribution in [0.4, 0.5) is 5.82 Å². The van der Waals surface area contributed by atoms with Gasteiger partial charge in [0.05, 0.1) is 11.4 Å². The van der Waals surface area contributed by atoms with Crippen LogP contribution in [0.15, 0.2) is 18.6 Å². The smallest absolute Gasteiger partial charge is 0.302 e. The number of H-pyrrole nitrogens is 1. The molecular formula is C16H20N6O. The highest BCUT2D eigenvalue weighted by Gasteiger charge is 2.33. The molecule has 1 amide bonds. The van der Waals surface area contributed by atoms with Crippen molar-refractivity contribution >= 4 is 22.8 Å². The van der Waals surface area contributed by atoms with Crippen LogP contribution < -0.4 is 4.90 Å². The molecule has 1 fully saturated rings. The van der Waals surface area contributed by atoms with Crippen molar-refractivity contribution in [1.82, 2.24) is 19.9 Å². The molecule has 7 nitrogen and oxygen atoms in total. The molecule has 0 radical (unpaired) electrons. The Kier molecular flexibility index (Phi) is 4.15. The SMILES string of the molecule is [C-]#[N+]CC(=O)N1CC[C@H](C)[C@@H](N(C)c2ncnc3[nH]ccc23)C1. The maximum Gasteiger partial charge on any atom is 0.302 e. The second-order valence-electron chi connectivity index (χ2n) is 6.04. The molecule has 2 aromatic heterocycles. The van der Waals surface area contributed by atoms with Gasteiger partial charge in [-0.25, -0.2) is 16.5 Å². The van der Waals surface area contributed by atoms with Crippen LogP contribution in [0.25, 0.3) is 15.9 Å². The molecule has 1 saturated heterocycles. The quantitative estimate of drug-likeness (QED) is 0.873. The summed E-state index contributed by atoms with van der Waals surface area (Å²) in [6.45, 7) is 10.4. The van der Waals surface area contributed by atoms with E-state index in [2.05, 4.69) is 31.6 Å². The Morgan fingerprint density at radius 2 is 2.39 bits per heavy atom. The normalized spacial score (nSPS) is 21.2. The van der Waals surface area contributed by atoms with Gasteiger partial charge >= 0.3 is 5.91 Å². The summed E-state index contributed by atoms with van der Waals surface area (Å²) >= 11 is 0. The first-order valence-corrected chi connectivity index (χ1v) is 7.73. The van der Waals surface area contributed by atoms with Crippen LogP contribution in [-0.2, 0) is 4.79 Å². The number of carbonyl (C=O) groups is 1. The number of anilines is 1. The van der Waals surface area contributed by atoms with E-state index in [9.17, 15) is 4.79 Å². The maximum absolute atomic E-state index is 12.0. The van der Waals surface area contributed by atoms with E-state index >= 15 is 0 Å². The predicted octanol–water partition coefficient (Wildman–Crippen LogP) is 1.55. The summed E-state index contributed by atoms with van der Waals surface area (Å²) in [5.41, 5.74) is 0.811. The van der Waals surface area contributed by atoms with Crippen LogP contribution >= 0.6 is 0 Å². The van der Waals surface area contributed by atoms with Crippen molar-refractivity contribution in [3.8, 4) is 0 Å². The van der Waals surface area contributed by atoms with E-state index in [4.69, 9.17) is 6.57 Å². The van der Waals surface area contributed by atoms with E-state index in [-0.39, 0.29) is 18.5 Å². The fourth-order valence-electron chi connectivity index (χ4n) is 3.24. The Balaban J connectivity index is 1.85. The molecule has 3 rings (SSSR count). The van der Waals surface area contributed by atoms with Crippen molar-refractivity contribution in [3.05, 3.63) is 30.0 Å². The Labute approximate surface area is 135 Å². The lowest BCUT2D eigenvalue weighted by molar-refractivity contribution is -0.130. The average molecular weight is 312 g/mol. The van der Waals surface area contributed by atoms with E-state index in [1.54, 1.807) is 11.2 Å². The number of hydrogen-bond donors (Lipinski definition) is 1. The molecule has 0 aliphatic carbocycles. The Morgan fingerprint density at radius 3 is 3.17 bits per heavy atom. The molecule has 1 N–H and O–H groups in total. The van der Waals surface area contributed by atoms with E-state index < -0.39 is 0 Å². The second-order valence-corrected chi connectivity index (χ2v) is 6.04. The number of aromatic nitrogens is 3. The van der Waals surface area contributed by atoms with Gasteiger partial charge in [-0.3, -0.25) is 4.79 Å². The minimum atomic E-state index is -0.0835. The predicted molar refractivity (Wildman–Crippen MR) is 87.9 cm³/mol. The zero-order chi connectivity index (χ0) is 16.4. The molecule has 1 aliphatic heterocycles. The molecule has 0 aromatic carbocycles. The van der Waals surface area contributed by atoms with Crippen LogP contribution in [0.2, 0.25) is 0 Å². The monoisotopic (exact) mass is 312 g/mol. The highest BCUT2D eigenvalue weighted by atomic mass is 16.2. The van der Waals surface area contributed by atoms with Gasteiger partial charge in [-0.1, -0.05) is 6.92 Å². The highest BCUT2D eigenvalue weighted by Crippen LogP contribution is 2.28. The summed E-state index contributed by atoms with van der Waals surface area (Å²) in [6.07, 6.45) is 4.34. The first-order chi connectivity index (χ1) is 11.1. The van der Waals surface area contributed by atoms with Crippen molar-refractivity contribution < 1.29 is 4.79 Å². The lowest BCUT2D eigenvalue weighted by Gasteiger charge is -2.41. The molecule has 3 heterocycles. The van der Waals surface area contributed by atoms with Crippen LogP contribution in [0.5, 0.6) is 0 Å². The zero-order valence-electron chi connectivity index (χ0n) is 13.4. The number of hydrogen-bond acceptors (Lipinski definition) is 4. The van der Waals surface area contributed by atoms with Crippen LogP contribution in [0, 0.1) is 12.5 Å². The van der Waals surface area contributed by atoms with E-state index in [0.717, 1.165) is 29.8 Å². The summed E-state index contributed by atoms with van der Waals surface area (Å²) in [5, 5.41) is 0.979. The van der Waals surface area contributed by atoms with Gasteiger partial charge in [-0.15, -0.1) is 0 Å². The standard InChI is InChI=1S/C16H20N6O/c1-11-5-7-22(14(23)8-17-2)9-13(11)21(3)16-12-4-6-18-15(12)19-10-20-16/h4,6,10-11,13H,5,7-9H2,1,3H3,(H,18,19,20)/t11-,13-/m0/s1. The van der Waals surface area contributed by atoms with Gasteiger partial charge in [0.1, 0.15) is 17.8 Å². The van der Waals surface area contributed by atoms with Crippen molar-refractivity contribution in [3.63, 3.8) is 0 Å². The number of amides is 1. The number of aromatic amines is 1. The summed E-state index contributed by atoms with van der Waals surface area (Å²) in [4.78, 5) is 31.0. The lowest BCUT2D eigenvalue weighted by atomic mass is 9.92. The number of likely N-dealkylation sites (tertiary alicyclic amines) is 1. The van der Waals surface area contributed by atoms with Gasteiger partial charge in [0.2, 0.25) is 0 Å². The van der Waals surface area contributed by atoms with E-state index in [0.29, 0.717) is 12.5 Å². The molecule has 120 valence electrons. The first-order valence-electron chi connectivity index (χ1n) is 7.73. The minimum absolute atomic E-state index is 0.0691. The Bertz CT molecular complexity index is 748. The van der Waals surface area contributed by atoms with Crippen LogP contribution in [0.3, 0.4) is 0 Å². The molecule has 2 aromatic rings. The lowest BCUT2D eigenvalue weighted by Crippen LogP contribution is -2.53. The molecular weight excluding hydrogens is 292 g/mol. The molecule has 1 aliphatic rings. The zero-order valence-corrected chi connectivity index (χ0v) is 13.4. The minimum Gasteiger partial charge on any atom is -0.354 e. The number of carbonyl (C=O) groups excluding carboxylic acids is 1. The van der Waals surface area contributed by atoms with Crippen LogP contribution in [0.1, 0.15) is 13.3 Å². The maximum atomic E-state index is 12.0. The van der Waals surface area contributed by atoms with Crippen molar-refractivity contribution in [2.75, 3.05) is 31.6 Å². The van der Waals surface area contributed by atoms with Crippen molar-refractivity contribution in [2.45, 2.75) is 19.4 Å². The third kappa shape index (κ3) is 2.84.